The average molecular weight is 489 g/mol. The van der Waals surface area contributed by atoms with E-state index in [9.17, 15) is 9.59 Å². The predicted octanol–water partition coefficient (Wildman–Crippen LogP) is 5.08. The third-order valence-electron chi connectivity index (χ3n) is 5.34. The van der Waals surface area contributed by atoms with Crippen LogP contribution in [0.2, 0.25) is 10.0 Å². The van der Waals surface area contributed by atoms with Crippen LogP contribution in [0.1, 0.15) is 43.1 Å². The minimum Gasteiger partial charge on any atom is -0.465 e. The maximum Gasteiger partial charge on any atom is 0.321 e. The molecule has 2 aromatic carbocycles. The molecular formula is C23H22Cl2N4O4. The van der Waals surface area contributed by atoms with Gasteiger partial charge in [-0.25, -0.2) is 4.79 Å². The van der Waals surface area contributed by atoms with Crippen LogP contribution in [-0.4, -0.2) is 28.7 Å². The molecule has 0 radical (unpaired) electrons. The zero-order valence-electron chi connectivity index (χ0n) is 17.8. The van der Waals surface area contributed by atoms with Crippen LogP contribution in [0.3, 0.4) is 0 Å². The van der Waals surface area contributed by atoms with Gasteiger partial charge in [-0.2, -0.15) is 4.98 Å². The molecule has 10 heteroatoms. The molecule has 1 atom stereocenters. The second-order valence-corrected chi connectivity index (χ2v) is 8.62. The summed E-state index contributed by atoms with van der Waals surface area (Å²) < 4.78 is 10.6. The normalized spacial score (nSPS) is 14.9. The van der Waals surface area contributed by atoms with E-state index in [1.54, 1.807) is 43.3 Å². The summed E-state index contributed by atoms with van der Waals surface area (Å²) in [6, 6.07) is 12.9. The monoisotopic (exact) mass is 488 g/mol. The van der Waals surface area contributed by atoms with E-state index in [2.05, 4.69) is 20.8 Å². The Morgan fingerprint density at radius 2 is 1.73 bits per heavy atom. The summed E-state index contributed by atoms with van der Waals surface area (Å²) in [6.45, 7) is 2.02. The second-order valence-electron chi connectivity index (χ2n) is 7.75. The fourth-order valence-corrected chi connectivity index (χ4v) is 3.64. The molecule has 4 rings (SSSR count). The van der Waals surface area contributed by atoms with Gasteiger partial charge in [0.1, 0.15) is 5.41 Å². The van der Waals surface area contributed by atoms with E-state index in [1.165, 1.54) is 0 Å². The van der Waals surface area contributed by atoms with E-state index in [4.69, 9.17) is 32.5 Å². The van der Waals surface area contributed by atoms with E-state index in [-0.39, 0.29) is 24.3 Å². The number of amides is 2. The first-order valence-corrected chi connectivity index (χ1v) is 11.2. The summed E-state index contributed by atoms with van der Waals surface area (Å²) in [4.78, 5) is 29.6. The number of aromatic nitrogens is 2. The van der Waals surface area contributed by atoms with E-state index in [0.29, 0.717) is 35.0 Å². The Hall–Kier alpha value is -3.10. The molecule has 3 aromatic rings. The molecule has 0 aliphatic heterocycles. The number of carbonyl (C=O) groups excluding carboxylic acids is 2. The third kappa shape index (κ3) is 5.46. The van der Waals surface area contributed by atoms with Gasteiger partial charge in [-0.15, -0.1) is 0 Å². The van der Waals surface area contributed by atoms with Gasteiger partial charge in [0, 0.05) is 22.2 Å². The number of esters is 1. The highest BCUT2D eigenvalue weighted by molar-refractivity contribution is 6.30. The first-order chi connectivity index (χ1) is 15.9. The molecule has 1 saturated carbocycles. The molecule has 8 nitrogen and oxygen atoms in total. The average Bonchev–Trinajstić information content (AvgIpc) is 3.46. The van der Waals surface area contributed by atoms with Gasteiger partial charge < -0.3 is 19.9 Å². The van der Waals surface area contributed by atoms with Gasteiger partial charge in [-0.3, -0.25) is 4.79 Å². The van der Waals surface area contributed by atoms with E-state index in [0.717, 1.165) is 5.56 Å². The molecule has 2 N–H and O–H groups in total. The largest absolute Gasteiger partial charge is 0.465 e. The lowest BCUT2D eigenvalue weighted by Crippen LogP contribution is -2.34. The summed E-state index contributed by atoms with van der Waals surface area (Å²) in [5.74, 6) is 0.0987. The molecule has 0 bridgehead atoms. The van der Waals surface area contributed by atoms with Crippen LogP contribution in [0.15, 0.2) is 53.1 Å². The number of rotatable bonds is 8. The Balaban J connectivity index is 1.54. The van der Waals surface area contributed by atoms with Crippen molar-refractivity contribution in [1.82, 2.24) is 15.5 Å². The number of carbonyl (C=O) groups is 2. The maximum absolute atomic E-state index is 12.7. The molecule has 33 heavy (non-hydrogen) atoms. The number of anilines is 1. The van der Waals surface area contributed by atoms with Crippen molar-refractivity contribution in [2.75, 3.05) is 11.9 Å². The Morgan fingerprint density at radius 3 is 2.33 bits per heavy atom. The van der Waals surface area contributed by atoms with Crippen LogP contribution in [0, 0.1) is 0 Å². The molecule has 0 unspecified atom stereocenters. The summed E-state index contributed by atoms with van der Waals surface area (Å²) in [5, 5.41) is 10.9. The number of halogens is 2. The molecule has 0 saturated heterocycles. The molecule has 0 spiro atoms. The molecule has 1 aliphatic carbocycles. The van der Waals surface area contributed by atoms with Crippen molar-refractivity contribution >= 4 is 40.9 Å². The Labute approximate surface area is 200 Å². The minimum absolute atomic E-state index is 0.206. The van der Waals surface area contributed by atoms with Gasteiger partial charge >= 0.3 is 12.0 Å². The van der Waals surface area contributed by atoms with Crippen molar-refractivity contribution in [2.24, 2.45) is 0 Å². The lowest BCUT2D eigenvalue weighted by atomic mass is 10.1. The molecule has 2 amide bonds. The zero-order chi connectivity index (χ0) is 23.4. The second kappa shape index (κ2) is 9.80. The quantitative estimate of drug-likeness (QED) is 0.428. The van der Waals surface area contributed by atoms with Crippen molar-refractivity contribution in [3.8, 4) is 0 Å². The van der Waals surface area contributed by atoms with Gasteiger partial charge in [0.15, 0.2) is 5.82 Å². The molecule has 1 fully saturated rings. The molecule has 1 aliphatic rings. The summed E-state index contributed by atoms with van der Waals surface area (Å²) >= 11 is 11.9. The fourth-order valence-electron chi connectivity index (χ4n) is 3.39. The topological polar surface area (TPSA) is 106 Å². The van der Waals surface area contributed by atoms with E-state index < -0.39 is 17.5 Å². The number of hydrogen-bond acceptors (Lipinski definition) is 6. The zero-order valence-corrected chi connectivity index (χ0v) is 19.3. The Morgan fingerprint density at radius 1 is 1.09 bits per heavy atom. The lowest BCUT2D eigenvalue weighted by molar-refractivity contribution is -0.146. The molecular weight excluding hydrogens is 467 g/mol. The van der Waals surface area contributed by atoms with Crippen molar-refractivity contribution in [2.45, 2.75) is 37.6 Å². The number of benzene rings is 2. The van der Waals surface area contributed by atoms with Gasteiger partial charge in [0.05, 0.1) is 12.6 Å². The lowest BCUT2D eigenvalue weighted by Gasteiger charge is -2.16. The Kier molecular flexibility index (Phi) is 6.85. The van der Waals surface area contributed by atoms with Crippen molar-refractivity contribution in [1.29, 1.82) is 0 Å². The van der Waals surface area contributed by atoms with Crippen molar-refractivity contribution in [3.05, 3.63) is 75.9 Å². The van der Waals surface area contributed by atoms with Crippen molar-refractivity contribution < 1.29 is 18.8 Å². The molecule has 1 aromatic heterocycles. The molecule has 172 valence electrons. The van der Waals surface area contributed by atoms with E-state index >= 15 is 0 Å². The summed E-state index contributed by atoms with van der Waals surface area (Å²) in [7, 11) is 0. The minimum atomic E-state index is -0.891. The number of nitrogens with zero attached hydrogens (tertiary/aromatic N) is 2. The third-order valence-corrected chi connectivity index (χ3v) is 5.84. The highest BCUT2D eigenvalue weighted by Gasteiger charge is 2.57. The number of ether oxygens (including phenoxy) is 1. The standard InChI is InChI=1S/C23H22Cl2N4O4/c1-2-32-21(30)23(11-12-23)20-28-19(29-33-20)18(13-14-3-5-15(24)6-4-14)27-22(31)26-17-9-7-16(25)8-10-17/h3-10,18H,2,11-13H2,1H3,(H2,26,27,31)/t18-/m0/s1. The van der Waals surface area contributed by atoms with Crippen LogP contribution >= 0.6 is 23.2 Å². The van der Waals surface area contributed by atoms with Crippen LogP contribution in [0.25, 0.3) is 0 Å². The van der Waals surface area contributed by atoms with Crippen molar-refractivity contribution in [3.63, 3.8) is 0 Å². The van der Waals surface area contributed by atoms with Crippen LogP contribution in [-0.2, 0) is 21.4 Å². The predicted molar refractivity (Wildman–Crippen MR) is 123 cm³/mol. The highest BCUT2D eigenvalue weighted by atomic mass is 35.5. The fraction of sp³-hybridized carbons (Fsp3) is 0.304. The van der Waals surface area contributed by atoms with Gasteiger partial charge in [-0.1, -0.05) is 40.5 Å². The van der Waals surface area contributed by atoms with Gasteiger partial charge in [0.2, 0.25) is 5.89 Å². The van der Waals surface area contributed by atoms with E-state index in [1.807, 2.05) is 12.1 Å². The summed E-state index contributed by atoms with van der Waals surface area (Å²) in [6.07, 6.45) is 1.55. The number of nitrogens with one attached hydrogen (secondary N) is 2. The SMILES string of the molecule is CCOC(=O)C1(c2nc([C@H](Cc3ccc(Cl)cc3)NC(=O)Nc3ccc(Cl)cc3)no2)CC1. The van der Waals surface area contributed by atoms with Crippen LogP contribution < -0.4 is 10.6 Å². The molecule has 1 heterocycles. The number of urea groups is 1. The Bertz CT molecular complexity index is 1130. The smallest absolute Gasteiger partial charge is 0.321 e. The van der Waals surface area contributed by atoms with Crippen LogP contribution in [0.4, 0.5) is 10.5 Å². The summed E-state index contributed by atoms with van der Waals surface area (Å²) in [5.41, 5.74) is 0.599. The van der Waals surface area contributed by atoms with Gasteiger partial charge in [-0.05, 0) is 61.7 Å². The maximum atomic E-state index is 12.7. The van der Waals surface area contributed by atoms with Gasteiger partial charge in [0.25, 0.3) is 0 Å². The number of hydrogen-bond donors (Lipinski definition) is 2. The van der Waals surface area contributed by atoms with Crippen LogP contribution in [0.5, 0.6) is 0 Å². The highest BCUT2D eigenvalue weighted by Crippen LogP contribution is 2.48. The first kappa shape index (κ1) is 23.1. The first-order valence-electron chi connectivity index (χ1n) is 10.5.